The molecule has 0 unspecified atom stereocenters. The van der Waals surface area contributed by atoms with Gasteiger partial charge in [0.2, 0.25) is 0 Å². The average molecular weight is 265 g/mol. The summed E-state index contributed by atoms with van der Waals surface area (Å²) in [6.45, 7) is 2.80. The van der Waals surface area contributed by atoms with Gasteiger partial charge in [-0.2, -0.15) is 4.98 Å². The fourth-order valence-electron chi connectivity index (χ4n) is 2.05. The Labute approximate surface area is 110 Å². The number of aromatic nitrogens is 2. The number of rotatable bonds is 3. The second kappa shape index (κ2) is 5.21. The van der Waals surface area contributed by atoms with Crippen molar-refractivity contribution in [1.29, 1.82) is 0 Å². The summed E-state index contributed by atoms with van der Waals surface area (Å²) in [4.78, 5) is 33.8. The fraction of sp³-hybridized carbons (Fsp3) is 0.500. The number of ether oxygens (including phenoxy) is 2. The minimum absolute atomic E-state index is 0.196. The molecule has 102 valence electrons. The Bertz CT molecular complexity index is 518. The van der Waals surface area contributed by atoms with E-state index in [1.807, 2.05) is 11.8 Å². The average Bonchev–Trinajstić information content (AvgIpc) is 2.46. The summed E-state index contributed by atoms with van der Waals surface area (Å²) in [7, 11) is 2.73. The molecule has 2 rings (SSSR count). The Balaban J connectivity index is 2.45. The molecule has 2 heterocycles. The van der Waals surface area contributed by atoms with E-state index in [0.29, 0.717) is 17.9 Å². The molecule has 7 heteroatoms. The highest BCUT2D eigenvalue weighted by Crippen LogP contribution is 2.29. The largest absolute Gasteiger partial charge is 0.468 e. The molecular formula is C12H15N3O4. The van der Waals surface area contributed by atoms with Crippen molar-refractivity contribution < 1.29 is 19.1 Å². The first-order valence-electron chi connectivity index (χ1n) is 5.90. The highest BCUT2D eigenvalue weighted by Gasteiger charge is 2.38. The summed E-state index contributed by atoms with van der Waals surface area (Å²) in [6.07, 6.45) is 1.39. The molecule has 0 fully saturated rings. The molecule has 0 N–H and O–H groups in total. The van der Waals surface area contributed by atoms with E-state index in [4.69, 9.17) is 4.74 Å². The first-order valence-corrected chi connectivity index (χ1v) is 5.90. The lowest BCUT2D eigenvalue weighted by Crippen LogP contribution is -2.43. The number of ketones is 1. The van der Waals surface area contributed by atoms with Crippen LogP contribution in [-0.2, 0) is 9.53 Å². The summed E-state index contributed by atoms with van der Waals surface area (Å²) >= 11 is 0. The zero-order valence-corrected chi connectivity index (χ0v) is 11.0. The van der Waals surface area contributed by atoms with Crippen LogP contribution in [0.15, 0.2) is 6.20 Å². The van der Waals surface area contributed by atoms with E-state index >= 15 is 0 Å². The maximum Gasteiger partial charge on any atom is 0.318 e. The van der Waals surface area contributed by atoms with Gasteiger partial charge in [-0.15, -0.1) is 0 Å². The second-order valence-corrected chi connectivity index (χ2v) is 4.07. The number of carbonyl (C=O) groups is 2. The maximum atomic E-state index is 12.2. The van der Waals surface area contributed by atoms with Gasteiger partial charge in [0.25, 0.3) is 0 Å². The van der Waals surface area contributed by atoms with Gasteiger partial charge in [0, 0.05) is 19.3 Å². The third kappa shape index (κ3) is 2.23. The van der Waals surface area contributed by atoms with Crippen molar-refractivity contribution in [2.45, 2.75) is 6.92 Å². The van der Waals surface area contributed by atoms with Gasteiger partial charge in [0.15, 0.2) is 5.78 Å². The Hall–Kier alpha value is -2.18. The number of methoxy groups -OCH3 is 2. The first kappa shape index (κ1) is 13.3. The van der Waals surface area contributed by atoms with E-state index in [-0.39, 0.29) is 18.3 Å². The van der Waals surface area contributed by atoms with Crippen LogP contribution >= 0.6 is 0 Å². The molecule has 0 radical (unpaired) electrons. The number of fused-ring (bicyclic) bond motifs is 1. The molecule has 0 aromatic carbocycles. The lowest BCUT2D eigenvalue weighted by atomic mass is 9.94. The van der Waals surface area contributed by atoms with Crippen molar-refractivity contribution in [3.05, 3.63) is 11.8 Å². The molecule has 0 saturated heterocycles. The molecule has 1 aliphatic heterocycles. The lowest BCUT2D eigenvalue weighted by Gasteiger charge is -2.31. The number of hydrogen-bond donors (Lipinski definition) is 0. The first-order chi connectivity index (χ1) is 9.12. The molecule has 1 aromatic rings. The Kier molecular flexibility index (Phi) is 3.64. The molecule has 0 aliphatic carbocycles. The molecule has 7 nitrogen and oxygen atoms in total. The van der Waals surface area contributed by atoms with Gasteiger partial charge in [-0.1, -0.05) is 0 Å². The van der Waals surface area contributed by atoms with Crippen LogP contribution in [0.4, 0.5) is 5.82 Å². The number of hydrogen-bond acceptors (Lipinski definition) is 7. The van der Waals surface area contributed by atoms with Crippen molar-refractivity contribution in [2.75, 3.05) is 32.2 Å². The van der Waals surface area contributed by atoms with Crippen LogP contribution in [0.3, 0.4) is 0 Å². The van der Waals surface area contributed by atoms with E-state index in [2.05, 4.69) is 14.7 Å². The highest BCUT2D eigenvalue weighted by molar-refractivity contribution is 6.12. The molecule has 0 saturated carbocycles. The molecular weight excluding hydrogens is 250 g/mol. The lowest BCUT2D eigenvalue weighted by molar-refractivity contribution is -0.143. The van der Waals surface area contributed by atoms with Crippen LogP contribution in [-0.4, -0.2) is 49.0 Å². The van der Waals surface area contributed by atoms with E-state index in [1.54, 1.807) is 0 Å². The molecule has 1 aromatic heterocycles. The molecule has 19 heavy (non-hydrogen) atoms. The smallest absolute Gasteiger partial charge is 0.318 e. The Morgan fingerprint density at radius 3 is 2.84 bits per heavy atom. The quantitative estimate of drug-likeness (QED) is 0.574. The van der Waals surface area contributed by atoms with Crippen LogP contribution in [0.2, 0.25) is 0 Å². The SMILES string of the molecule is CCN1C[C@@H](C(=O)OC)C(=O)c2cnc(OC)nc21. The molecule has 1 aliphatic rings. The molecule has 0 spiro atoms. The predicted molar refractivity (Wildman–Crippen MR) is 66.3 cm³/mol. The van der Waals surface area contributed by atoms with Gasteiger partial charge in [-0.05, 0) is 6.92 Å². The normalized spacial score (nSPS) is 17.9. The van der Waals surface area contributed by atoms with Gasteiger partial charge < -0.3 is 14.4 Å². The maximum absolute atomic E-state index is 12.2. The number of Topliss-reactive ketones (excluding diaryl/α,β-unsaturated/α-hetero) is 1. The van der Waals surface area contributed by atoms with Crippen LogP contribution in [0.5, 0.6) is 6.01 Å². The van der Waals surface area contributed by atoms with Gasteiger partial charge in [-0.3, -0.25) is 9.59 Å². The zero-order chi connectivity index (χ0) is 14.0. The van der Waals surface area contributed by atoms with Crippen molar-refractivity contribution in [1.82, 2.24) is 9.97 Å². The minimum Gasteiger partial charge on any atom is -0.468 e. The summed E-state index contributed by atoms with van der Waals surface area (Å²) in [5.41, 5.74) is 0.323. The summed E-state index contributed by atoms with van der Waals surface area (Å²) in [5, 5.41) is 0. The van der Waals surface area contributed by atoms with E-state index < -0.39 is 11.9 Å². The van der Waals surface area contributed by atoms with Gasteiger partial charge in [0.1, 0.15) is 11.7 Å². The second-order valence-electron chi connectivity index (χ2n) is 4.07. The summed E-state index contributed by atoms with van der Waals surface area (Å²) in [6, 6.07) is 0.196. The fourth-order valence-corrected chi connectivity index (χ4v) is 2.05. The Morgan fingerprint density at radius 2 is 2.26 bits per heavy atom. The molecule has 0 amide bonds. The standard InChI is InChI=1S/C12H15N3O4/c1-4-15-6-8(11(17)18-2)9(16)7-5-13-12(19-3)14-10(7)15/h5,8H,4,6H2,1-3H3/t8-/m1/s1. The van der Waals surface area contributed by atoms with Crippen LogP contribution in [0.25, 0.3) is 0 Å². The minimum atomic E-state index is -0.825. The van der Waals surface area contributed by atoms with Crippen molar-refractivity contribution in [2.24, 2.45) is 5.92 Å². The van der Waals surface area contributed by atoms with Crippen LogP contribution in [0, 0.1) is 5.92 Å². The molecule has 0 bridgehead atoms. The number of anilines is 1. The Morgan fingerprint density at radius 1 is 1.53 bits per heavy atom. The number of carbonyl (C=O) groups excluding carboxylic acids is 2. The molecule has 1 atom stereocenters. The number of nitrogens with zero attached hydrogens (tertiary/aromatic N) is 3. The van der Waals surface area contributed by atoms with E-state index in [0.717, 1.165) is 0 Å². The monoisotopic (exact) mass is 265 g/mol. The predicted octanol–water partition coefficient (Wildman–Crippen LogP) is 0.297. The van der Waals surface area contributed by atoms with Crippen molar-refractivity contribution in [3.63, 3.8) is 0 Å². The van der Waals surface area contributed by atoms with Gasteiger partial charge in [-0.25, -0.2) is 4.98 Å². The zero-order valence-electron chi connectivity index (χ0n) is 11.0. The third-order valence-electron chi connectivity index (χ3n) is 3.08. The van der Waals surface area contributed by atoms with Gasteiger partial charge >= 0.3 is 12.0 Å². The third-order valence-corrected chi connectivity index (χ3v) is 3.08. The van der Waals surface area contributed by atoms with Crippen LogP contribution in [0.1, 0.15) is 17.3 Å². The van der Waals surface area contributed by atoms with Gasteiger partial charge in [0.05, 0.1) is 19.8 Å². The van der Waals surface area contributed by atoms with Crippen molar-refractivity contribution >= 4 is 17.6 Å². The highest BCUT2D eigenvalue weighted by atomic mass is 16.5. The topological polar surface area (TPSA) is 81.6 Å². The van der Waals surface area contributed by atoms with E-state index in [9.17, 15) is 9.59 Å². The van der Waals surface area contributed by atoms with E-state index in [1.165, 1.54) is 20.4 Å². The summed E-state index contributed by atoms with van der Waals surface area (Å²) < 4.78 is 9.61. The summed E-state index contributed by atoms with van der Waals surface area (Å²) in [5.74, 6) is -1.17. The van der Waals surface area contributed by atoms with Crippen LogP contribution < -0.4 is 9.64 Å². The van der Waals surface area contributed by atoms with Crippen molar-refractivity contribution in [3.8, 4) is 6.01 Å². The number of esters is 1.